The predicted molar refractivity (Wildman–Crippen MR) is 119 cm³/mol. The lowest BCUT2D eigenvalue weighted by Crippen LogP contribution is -2.11. The van der Waals surface area contributed by atoms with Crippen LogP contribution in [0.3, 0.4) is 0 Å². The van der Waals surface area contributed by atoms with Crippen LogP contribution in [0.25, 0.3) is 11.1 Å². The van der Waals surface area contributed by atoms with Gasteiger partial charge in [0.05, 0.1) is 6.61 Å². The van der Waals surface area contributed by atoms with Crippen molar-refractivity contribution in [3.05, 3.63) is 71.8 Å². The lowest BCUT2D eigenvalue weighted by molar-refractivity contribution is 0.153. The molecule has 1 heteroatoms. The minimum atomic E-state index is 0.508. The van der Waals surface area contributed by atoms with E-state index in [1.54, 1.807) is 0 Å². The van der Waals surface area contributed by atoms with E-state index in [4.69, 9.17) is 4.74 Å². The maximum absolute atomic E-state index is 5.60. The Bertz CT molecular complexity index is 794. The Hall–Kier alpha value is -2.30. The first-order valence-electron chi connectivity index (χ1n) is 10.7. The first kappa shape index (κ1) is 20.4. The van der Waals surface area contributed by atoms with Gasteiger partial charge < -0.3 is 4.74 Å². The number of allylic oxidation sites excluding steroid dienone is 2. The van der Waals surface area contributed by atoms with Crippen LogP contribution in [0.5, 0.6) is 0 Å². The maximum Gasteiger partial charge on any atom is 0.108 e. The van der Waals surface area contributed by atoms with E-state index in [1.807, 2.05) is 6.92 Å². The average Bonchev–Trinajstić information content (AvgIpc) is 2.75. The van der Waals surface area contributed by atoms with Gasteiger partial charge in [-0.3, -0.25) is 0 Å². The van der Waals surface area contributed by atoms with E-state index in [1.165, 1.54) is 47.9 Å². The van der Waals surface area contributed by atoms with Crippen LogP contribution >= 0.6 is 0 Å². The molecule has 0 N–H and O–H groups in total. The van der Waals surface area contributed by atoms with E-state index >= 15 is 0 Å². The van der Waals surface area contributed by atoms with Crippen LogP contribution in [0.15, 0.2) is 60.7 Å². The molecule has 2 aromatic carbocycles. The lowest BCUT2D eigenvalue weighted by atomic mass is 9.78. The van der Waals surface area contributed by atoms with Crippen molar-refractivity contribution in [2.24, 2.45) is 5.92 Å². The molecule has 0 aliphatic heterocycles. The van der Waals surface area contributed by atoms with Crippen LogP contribution in [-0.4, -0.2) is 6.61 Å². The van der Waals surface area contributed by atoms with Crippen LogP contribution in [0.4, 0.5) is 0 Å². The van der Waals surface area contributed by atoms with Crippen molar-refractivity contribution >= 4 is 0 Å². The Morgan fingerprint density at radius 2 is 1.54 bits per heavy atom. The van der Waals surface area contributed by atoms with Gasteiger partial charge >= 0.3 is 0 Å². The molecule has 146 valence electrons. The molecule has 1 aliphatic carbocycles. The van der Waals surface area contributed by atoms with Gasteiger partial charge in [0.25, 0.3) is 0 Å². The summed E-state index contributed by atoms with van der Waals surface area (Å²) in [5, 5.41) is 0. The fourth-order valence-corrected chi connectivity index (χ4v) is 4.05. The molecule has 1 aliphatic rings. The van der Waals surface area contributed by atoms with Gasteiger partial charge in [-0.2, -0.15) is 0 Å². The molecule has 0 spiro atoms. The van der Waals surface area contributed by atoms with Crippen molar-refractivity contribution in [3.63, 3.8) is 0 Å². The van der Waals surface area contributed by atoms with Gasteiger partial charge in [-0.25, -0.2) is 0 Å². The van der Waals surface area contributed by atoms with Crippen LogP contribution < -0.4 is 0 Å². The van der Waals surface area contributed by atoms with Gasteiger partial charge in [0.2, 0.25) is 0 Å². The van der Waals surface area contributed by atoms with Crippen molar-refractivity contribution in [3.8, 4) is 23.0 Å². The van der Waals surface area contributed by atoms with E-state index in [2.05, 4.69) is 79.4 Å². The molecule has 1 fully saturated rings. The quantitative estimate of drug-likeness (QED) is 0.298. The zero-order valence-electron chi connectivity index (χ0n) is 17.3. The number of benzene rings is 2. The Morgan fingerprint density at radius 1 is 0.893 bits per heavy atom. The third kappa shape index (κ3) is 5.85. The average molecular weight is 373 g/mol. The third-order valence-corrected chi connectivity index (χ3v) is 5.65. The molecule has 0 bridgehead atoms. The van der Waals surface area contributed by atoms with Gasteiger partial charge in [0, 0.05) is 6.42 Å². The Balaban J connectivity index is 1.55. The van der Waals surface area contributed by atoms with Crippen LogP contribution in [-0.2, 0) is 11.3 Å². The van der Waals surface area contributed by atoms with Crippen LogP contribution in [0.2, 0.25) is 0 Å². The Kier molecular flexibility index (Phi) is 7.94. The second-order valence-electron chi connectivity index (χ2n) is 7.66. The maximum atomic E-state index is 5.60. The molecule has 1 saturated carbocycles. The molecule has 0 atom stereocenters. The van der Waals surface area contributed by atoms with Crippen molar-refractivity contribution in [2.45, 2.75) is 58.5 Å². The second-order valence-corrected chi connectivity index (χ2v) is 7.66. The summed E-state index contributed by atoms with van der Waals surface area (Å²) >= 11 is 0. The van der Waals surface area contributed by atoms with Gasteiger partial charge in [0.15, 0.2) is 0 Å². The minimum Gasteiger partial charge on any atom is -0.364 e. The smallest absolute Gasteiger partial charge is 0.108 e. The largest absolute Gasteiger partial charge is 0.364 e. The third-order valence-electron chi connectivity index (χ3n) is 5.65. The molecule has 0 heterocycles. The molecule has 0 unspecified atom stereocenters. The highest BCUT2D eigenvalue weighted by Crippen LogP contribution is 2.36. The number of hydrogen-bond acceptors (Lipinski definition) is 1. The first-order valence-corrected chi connectivity index (χ1v) is 10.7. The molecule has 2 aromatic rings. The topological polar surface area (TPSA) is 9.23 Å². The summed E-state index contributed by atoms with van der Waals surface area (Å²) in [4.78, 5) is 0. The first-order chi connectivity index (χ1) is 13.8. The van der Waals surface area contributed by atoms with Crippen molar-refractivity contribution in [1.82, 2.24) is 0 Å². The SMILES string of the molecule is C/C=C\C1CCC(c2ccc(-c3ccc(COCC#CCC)cc3)cc2)CC1. The molecular formula is C27H32O. The van der Waals surface area contributed by atoms with Gasteiger partial charge in [-0.1, -0.05) is 73.5 Å². The monoisotopic (exact) mass is 372 g/mol. The molecule has 0 aromatic heterocycles. The zero-order valence-corrected chi connectivity index (χ0v) is 17.3. The van der Waals surface area contributed by atoms with Gasteiger partial charge in [-0.05, 0) is 66.7 Å². The normalized spacial score (nSPS) is 19.4. The second kappa shape index (κ2) is 10.9. The van der Waals surface area contributed by atoms with Crippen molar-refractivity contribution < 1.29 is 4.74 Å². The molecule has 0 radical (unpaired) electrons. The number of ether oxygens (including phenoxy) is 1. The van der Waals surface area contributed by atoms with E-state index in [0.717, 1.165) is 18.3 Å². The van der Waals surface area contributed by atoms with Crippen molar-refractivity contribution in [2.75, 3.05) is 6.61 Å². The van der Waals surface area contributed by atoms with E-state index in [9.17, 15) is 0 Å². The zero-order chi connectivity index (χ0) is 19.6. The fraction of sp³-hybridized carbons (Fsp3) is 0.407. The summed E-state index contributed by atoms with van der Waals surface area (Å²) in [5.74, 6) is 7.55. The van der Waals surface area contributed by atoms with E-state index < -0.39 is 0 Å². The summed E-state index contributed by atoms with van der Waals surface area (Å²) in [7, 11) is 0. The highest BCUT2D eigenvalue weighted by atomic mass is 16.5. The summed E-state index contributed by atoms with van der Waals surface area (Å²) < 4.78 is 5.60. The Morgan fingerprint density at radius 3 is 2.14 bits per heavy atom. The van der Waals surface area contributed by atoms with Gasteiger partial charge in [0.1, 0.15) is 6.61 Å². The number of hydrogen-bond donors (Lipinski definition) is 0. The molecular weight excluding hydrogens is 340 g/mol. The summed E-state index contributed by atoms with van der Waals surface area (Å²) in [6.45, 7) is 5.31. The highest BCUT2D eigenvalue weighted by molar-refractivity contribution is 5.64. The van der Waals surface area contributed by atoms with E-state index in [0.29, 0.717) is 13.2 Å². The van der Waals surface area contributed by atoms with Crippen molar-refractivity contribution in [1.29, 1.82) is 0 Å². The Labute approximate surface area is 170 Å². The molecule has 28 heavy (non-hydrogen) atoms. The molecule has 3 rings (SSSR count). The summed E-state index contributed by atoms with van der Waals surface area (Å²) in [5.41, 5.74) is 5.24. The molecule has 0 saturated heterocycles. The predicted octanol–water partition coefficient (Wildman–Crippen LogP) is 7.13. The summed E-state index contributed by atoms with van der Waals surface area (Å²) in [6.07, 6.45) is 10.7. The highest BCUT2D eigenvalue weighted by Gasteiger charge is 2.20. The van der Waals surface area contributed by atoms with E-state index in [-0.39, 0.29) is 0 Å². The lowest BCUT2D eigenvalue weighted by Gasteiger charge is -2.27. The van der Waals surface area contributed by atoms with Gasteiger partial charge in [-0.15, -0.1) is 5.92 Å². The van der Waals surface area contributed by atoms with Crippen LogP contribution in [0.1, 0.15) is 63.0 Å². The number of rotatable bonds is 6. The van der Waals surface area contributed by atoms with Crippen LogP contribution in [0, 0.1) is 17.8 Å². The minimum absolute atomic E-state index is 0.508. The summed E-state index contributed by atoms with van der Waals surface area (Å²) in [6, 6.07) is 17.9. The standard InChI is InChI=1S/C27H32O/c1-3-5-6-20-28-21-23-10-14-25(15-11-23)27-18-16-26(17-19-27)24-12-8-22(7-4-2)9-13-24/h4,7,10-11,14-19,22,24H,3,8-9,12-13,20-21H2,1-2H3/b7-4-. The fourth-order valence-electron chi connectivity index (χ4n) is 4.05. The molecule has 1 nitrogen and oxygen atoms in total. The molecule has 0 amide bonds.